The zero-order chi connectivity index (χ0) is 15.2. The van der Waals surface area contributed by atoms with Crippen molar-refractivity contribution in [1.29, 1.82) is 0 Å². The molecule has 0 aliphatic heterocycles. The van der Waals surface area contributed by atoms with Crippen LogP contribution in [0, 0.1) is 10.5 Å². The molecular formula is C16H20IN3O. The lowest BCUT2D eigenvalue weighted by atomic mass is 10.2. The summed E-state index contributed by atoms with van der Waals surface area (Å²) in [5, 5.41) is 3.28. The maximum atomic E-state index is 6.02. The van der Waals surface area contributed by atoms with E-state index < -0.39 is 0 Å². The minimum absolute atomic E-state index is 0.633. The summed E-state index contributed by atoms with van der Waals surface area (Å²) in [7, 11) is 0. The summed E-state index contributed by atoms with van der Waals surface area (Å²) >= 11 is 2.27. The summed E-state index contributed by atoms with van der Waals surface area (Å²) < 4.78 is 7.08. The zero-order valence-electron chi connectivity index (χ0n) is 12.6. The van der Waals surface area contributed by atoms with Gasteiger partial charge in [-0.05, 0) is 55.0 Å². The maximum Gasteiger partial charge on any atom is 0.227 e. The molecule has 0 atom stereocenters. The van der Waals surface area contributed by atoms with Gasteiger partial charge in [0.2, 0.25) is 5.88 Å². The van der Waals surface area contributed by atoms with Gasteiger partial charge in [-0.25, -0.2) is 4.98 Å². The highest BCUT2D eigenvalue weighted by atomic mass is 127. The number of para-hydroxylation sites is 1. The van der Waals surface area contributed by atoms with Crippen molar-refractivity contribution in [2.45, 2.75) is 33.6 Å². The largest absolute Gasteiger partial charge is 0.437 e. The molecule has 112 valence electrons. The van der Waals surface area contributed by atoms with Gasteiger partial charge in [-0.15, -0.1) is 0 Å². The van der Waals surface area contributed by atoms with E-state index in [0.29, 0.717) is 5.88 Å². The Hall–Kier alpha value is -1.37. The van der Waals surface area contributed by atoms with E-state index in [9.17, 15) is 0 Å². The molecule has 0 amide bonds. The second kappa shape index (κ2) is 7.59. The number of anilines is 1. The van der Waals surface area contributed by atoms with E-state index in [0.717, 1.165) is 45.9 Å². The van der Waals surface area contributed by atoms with Crippen molar-refractivity contribution in [2.24, 2.45) is 0 Å². The molecule has 0 saturated heterocycles. The average molecular weight is 397 g/mol. The second-order valence-corrected chi connectivity index (χ2v) is 5.89. The Balaban J connectivity index is 2.39. The van der Waals surface area contributed by atoms with Crippen molar-refractivity contribution < 1.29 is 4.74 Å². The van der Waals surface area contributed by atoms with Gasteiger partial charge in [-0.2, -0.15) is 4.98 Å². The fourth-order valence-electron chi connectivity index (χ4n) is 1.95. The molecule has 0 aliphatic rings. The van der Waals surface area contributed by atoms with E-state index in [1.165, 1.54) is 0 Å². The SMILES string of the molecule is CCCc1nc(NCC)c(C)c(Oc2ccccc2I)n1. The van der Waals surface area contributed by atoms with Crippen LogP contribution in [0.2, 0.25) is 0 Å². The number of rotatable bonds is 6. The topological polar surface area (TPSA) is 47.0 Å². The van der Waals surface area contributed by atoms with Gasteiger partial charge in [-0.3, -0.25) is 0 Å². The quantitative estimate of drug-likeness (QED) is 0.726. The predicted molar refractivity (Wildman–Crippen MR) is 94.2 cm³/mol. The van der Waals surface area contributed by atoms with Crippen molar-refractivity contribution in [3.63, 3.8) is 0 Å². The third-order valence-electron chi connectivity index (χ3n) is 3.01. The molecule has 0 bridgehead atoms. The Kier molecular flexibility index (Phi) is 5.78. The molecule has 0 fully saturated rings. The van der Waals surface area contributed by atoms with Crippen LogP contribution >= 0.6 is 22.6 Å². The molecule has 1 heterocycles. The molecule has 2 aromatic rings. The Morgan fingerprint density at radius 3 is 2.62 bits per heavy atom. The van der Waals surface area contributed by atoms with Crippen LogP contribution in [0.4, 0.5) is 5.82 Å². The molecule has 0 aliphatic carbocycles. The number of benzene rings is 1. The number of hydrogen-bond acceptors (Lipinski definition) is 4. The summed E-state index contributed by atoms with van der Waals surface area (Å²) in [5.41, 5.74) is 0.941. The first-order chi connectivity index (χ1) is 10.2. The van der Waals surface area contributed by atoms with Gasteiger partial charge in [0.05, 0.1) is 9.13 Å². The molecule has 4 nitrogen and oxygen atoms in total. The van der Waals surface area contributed by atoms with Gasteiger partial charge in [0.1, 0.15) is 17.4 Å². The lowest BCUT2D eigenvalue weighted by Crippen LogP contribution is -2.08. The molecule has 1 aromatic heterocycles. The van der Waals surface area contributed by atoms with E-state index in [2.05, 4.69) is 51.7 Å². The summed E-state index contributed by atoms with van der Waals surface area (Å²) in [6.45, 7) is 6.99. The molecule has 0 unspecified atom stereocenters. The van der Waals surface area contributed by atoms with Crippen LogP contribution in [0.3, 0.4) is 0 Å². The highest BCUT2D eigenvalue weighted by Crippen LogP contribution is 2.30. The van der Waals surface area contributed by atoms with E-state index in [1.807, 2.05) is 31.2 Å². The van der Waals surface area contributed by atoms with Gasteiger partial charge in [0.15, 0.2) is 0 Å². The number of aromatic nitrogens is 2. The fourth-order valence-corrected chi connectivity index (χ4v) is 2.44. The van der Waals surface area contributed by atoms with E-state index in [4.69, 9.17) is 4.74 Å². The smallest absolute Gasteiger partial charge is 0.227 e. The molecule has 2 rings (SSSR count). The van der Waals surface area contributed by atoms with Crippen molar-refractivity contribution >= 4 is 28.4 Å². The predicted octanol–water partition coefficient (Wildman–Crippen LogP) is 4.57. The number of halogens is 1. The number of hydrogen-bond donors (Lipinski definition) is 1. The summed E-state index contributed by atoms with van der Waals surface area (Å²) in [6.07, 6.45) is 1.86. The fraction of sp³-hybridized carbons (Fsp3) is 0.375. The Morgan fingerprint density at radius 2 is 1.95 bits per heavy atom. The zero-order valence-corrected chi connectivity index (χ0v) is 14.8. The van der Waals surface area contributed by atoms with Gasteiger partial charge in [-0.1, -0.05) is 19.1 Å². The van der Waals surface area contributed by atoms with Gasteiger partial charge >= 0.3 is 0 Å². The van der Waals surface area contributed by atoms with Crippen LogP contribution in [-0.4, -0.2) is 16.5 Å². The Bertz CT molecular complexity index is 616. The third kappa shape index (κ3) is 4.06. The van der Waals surface area contributed by atoms with Crippen molar-refractivity contribution in [1.82, 2.24) is 9.97 Å². The number of aryl methyl sites for hydroxylation is 1. The summed E-state index contributed by atoms with van der Waals surface area (Å²) in [4.78, 5) is 9.14. The molecule has 21 heavy (non-hydrogen) atoms. The molecule has 0 saturated carbocycles. The van der Waals surface area contributed by atoms with Crippen molar-refractivity contribution in [3.8, 4) is 11.6 Å². The molecular weight excluding hydrogens is 377 g/mol. The number of nitrogens with one attached hydrogen (secondary N) is 1. The van der Waals surface area contributed by atoms with E-state index in [1.54, 1.807) is 0 Å². The minimum Gasteiger partial charge on any atom is -0.437 e. The lowest BCUT2D eigenvalue weighted by molar-refractivity contribution is 0.451. The summed E-state index contributed by atoms with van der Waals surface area (Å²) in [5.74, 6) is 3.13. The van der Waals surface area contributed by atoms with E-state index >= 15 is 0 Å². The standard InChI is InChI=1S/C16H20IN3O/c1-4-8-14-19-15(18-5-2)11(3)16(20-14)21-13-10-7-6-9-12(13)17/h6-7,9-10H,4-5,8H2,1-3H3,(H,18,19,20). The number of ether oxygens (including phenoxy) is 1. The van der Waals surface area contributed by atoms with Gasteiger partial charge < -0.3 is 10.1 Å². The van der Waals surface area contributed by atoms with Crippen molar-refractivity contribution in [3.05, 3.63) is 39.2 Å². The lowest BCUT2D eigenvalue weighted by Gasteiger charge is -2.14. The van der Waals surface area contributed by atoms with Gasteiger partial charge in [0, 0.05) is 13.0 Å². The van der Waals surface area contributed by atoms with Crippen LogP contribution in [0.5, 0.6) is 11.6 Å². The normalized spacial score (nSPS) is 10.5. The highest BCUT2D eigenvalue weighted by Gasteiger charge is 2.13. The van der Waals surface area contributed by atoms with E-state index in [-0.39, 0.29) is 0 Å². The first kappa shape index (κ1) is 16.0. The highest BCUT2D eigenvalue weighted by molar-refractivity contribution is 14.1. The molecule has 1 N–H and O–H groups in total. The Labute approximate surface area is 139 Å². The Morgan fingerprint density at radius 1 is 1.19 bits per heavy atom. The third-order valence-corrected chi connectivity index (χ3v) is 3.90. The van der Waals surface area contributed by atoms with Gasteiger partial charge in [0.25, 0.3) is 0 Å². The first-order valence-electron chi connectivity index (χ1n) is 7.19. The molecule has 0 radical (unpaired) electrons. The molecule has 0 spiro atoms. The van der Waals surface area contributed by atoms with Crippen LogP contribution in [0.1, 0.15) is 31.7 Å². The van der Waals surface area contributed by atoms with Crippen LogP contribution in [0.15, 0.2) is 24.3 Å². The van der Waals surface area contributed by atoms with Crippen LogP contribution < -0.4 is 10.1 Å². The van der Waals surface area contributed by atoms with Crippen molar-refractivity contribution in [2.75, 3.05) is 11.9 Å². The monoisotopic (exact) mass is 397 g/mol. The maximum absolute atomic E-state index is 6.02. The number of nitrogens with zero attached hydrogens (tertiary/aromatic N) is 2. The van der Waals surface area contributed by atoms with Crippen LogP contribution in [0.25, 0.3) is 0 Å². The average Bonchev–Trinajstić information content (AvgIpc) is 2.46. The second-order valence-electron chi connectivity index (χ2n) is 4.73. The molecule has 1 aromatic carbocycles. The van der Waals surface area contributed by atoms with Crippen LogP contribution in [-0.2, 0) is 6.42 Å². The molecule has 5 heteroatoms. The first-order valence-corrected chi connectivity index (χ1v) is 8.27. The minimum atomic E-state index is 0.633. The summed E-state index contributed by atoms with van der Waals surface area (Å²) in [6, 6.07) is 7.93.